The van der Waals surface area contributed by atoms with Crippen molar-refractivity contribution in [3.8, 4) is 0 Å². The number of carboxylic acids is 1. The summed E-state index contributed by atoms with van der Waals surface area (Å²) < 4.78 is 0. The molecule has 0 aromatic heterocycles. The number of carbonyl (C=O) groups excluding carboxylic acids is 1. The van der Waals surface area contributed by atoms with Crippen molar-refractivity contribution in [2.45, 2.75) is 11.8 Å². The summed E-state index contributed by atoms with van der Waals surface area (Å²) in [6.07, 6.45) is 0. The average molecular weight is 211 g/mol. The van der Waals surface area contributed by atoms with Crippen molar-refractivity contribution in [1.82, 2.24) is 0 Å². The van der Waals surface area contributed by atoms with Crippen LogP contribution in [-0.4, -0.2) is 17.0 Å². The fourth-order valence-electron chi connectivity index (χ4n) is 1.01. The smallest absolute Gasteiger partial charge is 0.335 e. The lowest BCUT2D eigenvalue weighted by Gasteiger charge is -2.04. The SMILES string of the molecule is CC(=O)Nc1cc(S)cc(C(=O)O)c1. The molecule has 0 aliphatic heterocycles. The van der Waals surface area contributed by atoms with Crippen LogP contribution in [0.4, 0.5) is 5.69 Å². The van der Waals surface area contributed by atoms with Crippen LogP contribution in [0.1, 0.15) is 17.3 Å². The van der Waals surface area contributed by atoms with Gasteiger partial charge >= 0.3 is 5.97 Å². The van der Waals surface area contributed by atoms with E-state index >= 15 is 0 Å². The predicted molar refractivity (Wildman–Crippen MR) is 55.0 cm³/mol. The summed E-state index contributed by atoms with van der Waals surface area (Å²) in [6, 6.07) is 4.37. The minimum absolute atomic E-state index is 0.0984. The second-order valence-corrected chi connectivity index (χ2v) is 3.27. The maximum atomic E-state index is 10.7. The zero-order valence-electron chi connectivity index (χ0n) is 7.44. The first-order valence-corrected chi connectivity index (χ1v) is 4.28. The van der Waals surface area contributed by atoms with E-state index in [1.807, 2.05) is 0 Å². The van der Waals surface area contributed by atoms with Crippen molar-refractivity contribution in [2.24, 2.45) is 0 Å². The van der Waals surface area contributed by atoms with Gasteiger partial charge in [0.25, 0.3) is 0 Å². The Bertz CT molecular complexity index is 390. The number of hydrogen-bond acceptors (Lipinski definition) is 3. The molecule has 2 N–H and O–H groups in total. The van der Waals surface area contributed by atoms with Crippen LogP contribution < -0.4 is 5.32 Å². The molecule has 0 fully saturated rings. The third-order valence-corrected chi connectivity index (χ3v) is 1.74. The summed E-state index contributed by atoms with van der Waals surface area (Å²) in [6.45, 7) is 1.35. The van der Waals surface area contributed by atoms with Gasteiger partial charge in [0.15, 0.2) is 0 Å². The van der Waals surface area contributed by atoms with E-state index < -0.39 is 5.97 Å². The van der Waals surface area contributed by atoms with Crippen molar-refractivity contribution in [2.75, 3.05) is 5.32 Å². The first-order valence-electron chi connectivity index (χ1n) is 3.84. The maximum absolute atomic E-state index is 10.7. The van der Waals surface area contributed by atoms with Crippen LogP contribution in [0.3, 0.4) is 0 Å². The van der Waals surface area contributed by atoms with Gasteiger partial charge in [0.2, 0.25) is 5.91 Å². The molecule has 5 heteroatoms. The largest absolute Gasteiger partial charge is 0.478 e. The molecule has 0 aliphatic carbocycles. The number of nitrogens with one attached hydrogen (secondary N) is 1. The molecule has 1 rings (SSSR count). The summed E-state index contributed by atoms with van der Waals surface area (Å²) in [5, 5.41) is 11.2. The molecule has 1 aromatic carbocycles. The Balaban J connectivity index is 3.07. The standard InChI is InChI=1S/C9H9NO3S/c1-5(11)10-7-2-6(9(12)13)3-8(14)4-7/h2-4,14H,1H3,(H,10,11)(H,12,13). The van der Waals surface area contributed by atoms with Crippen molar-refractivity contribution in [3.05, 3.63) is 23.8 Å². The molecule has 0 bridgehead atoms. The molecular weight excluding hydrogens is 202 g/mol. The zero-order chi connectivity index (χ0) is 10.7. The summed E-state index contributed by atoms with van der Waals surface area (Å²) in [4.78, 5) is 21.9. The van der Waals surface area contributed by atoms with Gasteiger partial charge in [0.1, 0.15) is 0 Å². The topological polar surface area (TPSA) is 66.4 Å². The molecule has 0 radical (unpaired) electrons. The van der Waals surface area contributed by atoms with Gasteiger partial charge in [0.05, 0.1) is 5.56 Å². The van der Waals surface area contributed by atoms with Gasteiger partial charge in [0, 0.05) is 17.5 Å². The minimum Gasteiger partial charge on any atom is -0.478 e. The normalized spacial score (nSPS) is 9.57. The number of hydrogen-bond donors (Lipinski definition) is 3. The van der Waals surface area contributed by atoms with Gasteiger partial charge in [-0.15, -0.1) is 12.6 Å². The van der Waals surface area contributed by atoms with E-state index in [1.165, 1.54) is 19.1 Å². The molecule has 1 amide bonds. The van der Waals surface area contributed by atoms with Gasteiger partial charge in [-0.05, 0) is 18.2 Å². The van der Waals surface area contributed by atoms with Gasteiger partial charge < -0.3 is 10.4 Å². The van der Waals surface area contributed by atoms with Crippen molar-refractivity contribution >= 4 is 30.2 Å². The number of anilines is 1. The number of benzene rings is 1. The fraction of sp³-hybridized carbons (Fsp3) is 0.111. The Kier molecular flexibility index (Phi) is 3.14. The highest BCUT2D eigenvalue weighted by molar-refractivity contribution is 7.80. The zero-order valence-corrected chi connectivity index (χ0v) is 8.34. The highest BCUT2D eigenvalue weighted by Crippen LogP contribution is 2.17. The molecule has 0 heterocycles. The predicted octanol–water partition coefficient (Wildman–Crippen LogP) is 1.63. The Morgan fingerprint density at radius 3 is 2.50 bits per heavy atom. The number of carbonyl (C=O) groups is 2. The Morgan fingerprint density at radius 1 is 1.36 bits per heavy atom. The summed E-state index contributed by atoms with van der Waals surface area (Å²) in [7, 11) is 0. The minimum atomic E-state index is -1.05. The Labute approximate surface area is 86.3 Å². The lowest BCUT2D eigenvalue weighted by Crippen LogP contribution is -2.07. The fourth-order valence-corrected chi connectivity index (χ4v) is 1.29. The lowest BCUT2D eigenvalue weighted by molar-refractivity contribution is -0.114. The van der Waals surface area contributed by atoms with Gasteiger partial charge in [-0.1, -0.05) is 0 Å². The van der Waals surface area contributed by atoms with E-state index in [0.29, 0.717) is 10.6 Å². The molecule has 0 spiro atoms. The van der Waals surface area contributed by atoms with Crippen LogP contribution >= 0.6 is 12.6 Å². The van der Waals surface area contributed by atoms with E-state index in [2.05, 4.69) is 17.9 Å². The molecule has 0 saturated heterocycles. The molecule has 0 aliphatic rings. The summed E-state index contributed by atoms with van der Waals surface area (Å²) >= 11 is 4.03. The van der Waals surface area contributed by atoms with Crippen LogP contribution in [-0.2, 0) is 4.79 Å². The maximum Gasteiger partial charge on any atom is 0.335 e. The molecule has 14 heavy (non-hydrogen) atoms. The molecule has 1 aromatic rings. The highest BCUT2D eigenvalue weighted by atomic mass is 32.1. The molecule has 4 nitrogen and oxygen atoms in total. The Morgan fingerprint density at radius 2 is 2.00 bits per heavy atom. The lowest BCUT2D eigenvalue weighted by atomic mass is 10.2. The second kappa shape index (κ2) is 4.15. The van der Waals surface area contributed by atoms with Crippen LogP contribution in [0.25, 0.3) is 0 Å². The second-order valence-electron chi connectivity index (χ2n) is 2.75. The number of rotatable bonds is 2. The van der Waals surface area contributed by atoms with E-state index in [4.69, 9.17) is 5.11 Å². The van der Waals surface area contributed by atoms with E-state index in [9.17, 15) is 9.59 Å². The number of amides is 1. The van der Waals surface area contributed by atoms with Crippen molar-refractivity contribution in [1.29, 1.82) is 0 Å². The third kappa shape index (κ3) is 2.77. The molecule has 0 atom stereocenters. The van der Waals surface area contributed by atoms with Crippen LogP contribution in [0, 0.1) is 0 Å². The van der Waals surface area contributed by atoms with E-state index in [0.717, 1.165) is 0 Å². The number of thiol groups is 1. The number of carboxylic acid groups (broad SMARTS) is 1. The van der Waals surface area contributed by atoms with Crippen LogP contribution in [0.2, 0.25) is 0 Å². The first-order chi connectivity index (χ1) is 6.49. The van der Waals surface area contributed by atoms with Crippen molar-refractivity contribution in [3.63, 3.8) is 0 Å². The Hall–Kier alpha value is -1.49. The van der Waals surface area contributed by atoms with Gasteiger partial charge in [-0.25, -0.2) is 4.79 Å². The monoisotopic (exact) mass is 211 g/mol. The van der Waals surface area contributed by atoms with Crippen LogP contribution in [0.15, 0.2) is 23.1 Å². The summed E-state index contributed by atoms with van der Waals surface area (Å²) in [5.41, 5.74) is 0.531. The molecular formula is C9H9NO3S. The van der Waals surface area contributed by atoms with E-state index in [1.54, 1.807) is 6.07 Å². The van der Waals surface area contributed by atoms with Gasteiger partial charge in [-0.2, -0.15) is 0 Å². The summed E-state index contributed by atoms with van der Waals surface area (Å²) in [5.74, 6) is -1.30. The van der Waals surface area contributed by atoms with E-state index in [-0.39, 0.29) is 11.5 Å². The average Bonchev–Trinajstić information content (AvgIpc) is 2.01. The molecule has 0 unspecified atom stereocenters. The highest BCUT2D eigenvalue weighted by Gasteiger charge is 2.06. The number of aromatic carboxylic acids is 1. The van der Waals surface area contributed by atoms with Crippen molar-refractivity contribution < 1.29 is 14.7 Å². The first kappa shape index (κ1) is 10.6. The molecule has 74 valence electrons. The molecule has 0 saturated carbocycles. The quantitative estimate of drug-likeness (QED) is 0.651. The third-order valence-electron chi connectivity index (χ3n) is 1.49. The van der Waals surface area contributed by atoms with Crippen LogP contribution in [0.5, 0.6) is 0 Å². The van der Waals surface area contributed by atoms with Gasteiger partial charge in [-0.3, -0.25) is 4.79 Å².